The van der Waals surface area contributed by atoms with Crippen molar-refractivity contribution in [2.75, 3.05) is 23.9 Å². The van der Waals surface area contributed by atoms with Gasteiger partial charge >= 0.3 is 0 Å². The number of aryl methyl sites for hydroxylation is 1. The van der Waals surface area contributed by atoms with Crippen LogP contribution in [-0.4, -0.2) is 28.4 Å². The topological polar surface area (TPSA) is 57.7 Å². The lowest BCUT2D eigenvalue weighted by atomic mass is 10.1. The van der Waals surface area contributed by atoms with Crippen LogP contribution < -0.4 is 9.80 Å². The molecule has 3 aromatic rings. The van der Waals surface area contributed by atoms with Crippen LogP contribution in [0.25, 0.3) is 6.08 Å². The summed E-state index contributed by atoms with van der Waals surface area (Å²) >= 11 is 0. The van der Waals surface area contributed by atoms with E-state index in [0.717, 1.165) is 11.3 Å². The van der Waals surface area contributed by atoms with Gasteiger partial charge in [0.2, 0.25) is 9.84 Å². The minimum absolute atomic E-state index is 0.195. The number of anilines is 2. The van der Waals surface area contributed by atoms with Gasteiger partial charge < -0.3 is 4.90 Å². The molecular weight excluding hydrogens is 408 g/mol. The first kappa shape index (κ1) is 20.9. The summed E-state index contributed by atoms with van der Waals surface area (Å²) in [5.74, 6) is -0.519. The predicted octanol–water partition coefficient (Wildman–Crippen LogP) is 4.56. The average molecular weight is 433 g/mol. The molecular formula is C25H24N2O3S. The molecule has 1 saturated heterocycles. The molecule has 1 fully saturated rings. The third-order valence-corrected chi connectivity index (χ3v) is 7.35. The van der Waals surface area contributed by atoms with Gasteiger partial charge in [0.05, 0.1) is 0 Å². The van der Waals surface area contributed by atoms with Crippen LogP contribution in [-0.2, 0) is 14.6 Å². The first-order valence-corrected chi connectivity index (χ1v) is 11.5. The van der Waals surface area contributed by atoms with Crippen molar-refractivity contribution in [1.82, 2.24) is 0 Å². The van der Waals surface area contributed by atoms with Crippen molar-refractivity contribution < 1.29 is 13.2 Å². The van der Waals surface area contributed by atoms with Crippen molar-refractivity contribution in [2.45, 2.75) is 12.3 Å². The number of hydrogen-bond donors (Lipinski definition) is 0. The summed E-state index contributed by atoms with van der Waals surface area (Å²) < 4.78 is 27.2. The molecule has 0 N–H and O–H groups in total. The van der Waals surface area contributed by atoms with Gasteiger partial charge in [-0.2, -0.15) is 0 Å². The van der Waals surface area contributed by atoms with Crippen LogP contribution in [0.5, 0.6) is 0 Å². The van der Waals surface area contributed by atoms with Crippen LogP contribution in [0.4, 0.5) is 11.4 Å². The van der Waals surface area contributed by atoms with Crippen molar-refractivity contribution in [3.8, 4) is 0 Å². The number of sulfone groups is 1. The zero-order valence-corrected chi connectivity index (χ0v) is 18.5. The predicted molar refractivity (Wildman–Crippen MR) is 126 cm³/mol. The molecule has 0 saturated carbocycles. The third kappa shape index (κ3) is 3.86. The summed E-state index contributed by atoms with van der Waals surface area (Å²) in [6.07, 6.45) is 1.47. The molecule has 1 amide bonds. The van der Waals surface area contributed by atoms with E-state index in [-0.39, 0.29) is 4.91 Å². The minimum atomic E-state index is -3.94. The van der Waals surface area contributed by atoms with E-state index in [1.165, 1.54) is 11.0 Å². The van der Waals surface area contributed by atoms with Crippen molar-refractivity contribution in [1.29, 1.82) is 0 Å². The largest absolute Gasteiger partial charge is 0.378 e. The molecule has 0 unspecified atom stereocenters. The first-order chi connectivity index (χ1) is 14.8. The lowest BCUT2D eigenvalue weighted by Crippen LogP contribution is -2.28. The molecule has 1 aliphatic heterocycles. The van der Waals surface area contributed by atoms with E-state index >= 15 is 0 Å². The van der Waals surface area contributed by atoms with E-state index < -0.39 is 21.1 Å². The fourth-order valence-corrected chi connectivity index (χ4v) is 5.57. The number of amides is 1. The summed E-state index contributed by atoms with van der Waals surface area (Å²) in [5.41, 5.74) is 3.80. The summed E-state index contributed by atoms with van der Waals surface area (Å²) in [5, 5.41) is -1.10. The smallest absolute Gasteiger partial charge is 0.271 e. The van der Waals surface area contributed by atoms with Gasteiger partial charge in [0.1, 0.15) is 4.91 Å². The molecule has 1 atom stereocenters. The Kier molecular flexibility index (Phi) is 5.41. The highest BCUT2D eigenvalue weighted by molar-refractivity contribution is 7.97. The Morgan fingerprint density at radius 3 is 2.06 bits per heavy atom. The highest BCUT2D eigenvalue weighted by Gasteiger charge is 2.50. The zero-order chi connectivity index (χ0) is 22.2. The Labute approximate surface area is 183 Å². The van der Waals surface area contributed by atoms with Gasteiger partial charge in [-0.1, -0.05) is 60.2 Å². The lowest BCUT2D eigenvalue weighted by Gasteiger charge is -2.23. The summed E-state index contributed by atoms with van der Waals surface area (Å²) in [7, 11) is -0.0694. The molecule has 31 heavy (non-hydrogen) atoms. The minimum Gasteiger partial charge on any atom is -0.378 e. The monoisotopic (exact) mass is 432 g/mol. The van der Waals surface area contributed by atoms with Gasteiger partial charge in [-0.25, -0.2) is 8.42 Å². The van der Waals surface area contributed by atoms with E-state index in [4.69, 9.17) is 0 Å². The number of nitrogens with zero attached hydrogens (tertiary/aromatic N) is 2. The van der Waals surface area contributed by atoms with Gasteiger partial charge in [-0.3, -0.25) is 9.69 Å². The van der Waals surface area contributed by atoms with Crippen molar-refractivity contribution in [3.05, 3.63) is 100 Å². The maximum Gasteiger partial charge on any atom is 0.271 e. The molecule has 3 aromatic carbocycles. The Bertz CT molecular complexity index is 1230. The van der Waals surface area contributed by atoms with Crippen molar-refractivity contribution in [2.24, 2.45) is 0 Å². The second-order valence-corrected chi connectivity index (χ2v) is 9.79. The van der Waals surface area contributed by atoms with Crippen LogP contribution >= 0.6 is 0 Å². The molecule has 0 bridgehead atoms. The summed E-state index contributed by atoms with van der Waals surface area (Å²) in [6, 6.07) is 23.6. The summed E-state index contributed by atoms with van der Waals surface area (Å²) in [6.45, 7) is 1.95. The lowest BCUT2D eigenvalue weighted by molar-refractivity contribution is -0.114. The van der Waals surface area contributed by atoms with E-state index in [1.54, 1.807) is 36.4 Å². The molecule has 5 nitrogen and oxygen atoms in total. The van der Waals surface area contributed by atoms with Crippen molar-refractivity contribution in [3.63, 3.8) is 0 Å². The highest BCUT2D eigenvalue weighted by Crippen LogP contribution is 2.43. The fraction of sp³-hybridized carbons (Fsp3) is 0.160. The molecule has 0 aromatic heterocycles. The maximum absolute atomic E-state index is 13.6. The standard InChI is InChI=1S/C25H24N2O3S/c1-18-9-13-22(14-10-18)27-24(28)23(17-19-11-15-21(16-12-19)26(2)3)31(29,30)25(27)20-7-5-4-6-8-20/h4-17,25H,1-3H3/b23-17-/t25-/m0/s1. The molecule has 1 heterocycles. The molecule has 0 radical (unpaired) electrons. The van der Waals surface area contributed by atoms with Gasteiger partial charge in [0.15, 0.2) is 5.37 Å². The Hall–Kier alpha value is -3.38. The summed E-state index contributed by atoms with van der Waals surface area (Å²) in [4.78, 5) is 16.6. The van der Waals surface area contributed by atoms with Gasteiger partial charge in [-0.05, 0) is 48.4 Å². The Morgan fingerprint density at radius 2 is 1.48 bits per heavy atom. The quantitative estimate of drug-likeness (QED) is 0.567. The molecule has 4 rings (SSSR count). The second-order valence-electron chi connectivity index (χ2n) is 7.81. The highest BCUT2D eigenvalue weighted by atomic mass is 32.2. The van der Waals surface area contributed by atoms with Crippen LogP contribution in [0.1, 0.15) is 22.1 Å². The average Bonchev–Trinajstić information content (AvgIpc) is 2.95. The van der Waals surface area contributed by atoms with Crippen LogP contribution in [0.15, 0.2) is 83.8 Å². The number of carbonyl (C=O) groups excluding carboxylic acids is 1. The number of hydrogen-bond acceptors (Lipinski definition) is 4. The molecule has 158 valence electrons. The number of benzene rings is 3. The van der Waals surface area contributed by atoms with Gasteiger partial charge in [-0.15, -0.1) is 0 Å². The number of rotatable bonds is 4. The second kappa shape index (κ2) is 8.04. The van der Waals surface area contributed by atoms with Crippen LogP contribution in [0, 0.1) is 6.92 Å². The third-order valence-electron chi connectivity index (χ3n) is 5.37. The van der Waals surface area contributed by atoms with E-state index in [2.05, 4.69) is 0 Å². The zero-order valence-electron chi connectivity index (χ0n) is 17.7. The Balaban J connectivity index is 1.85. The van der Waals surface area contributed by atoms with Gasteiger partial charge in [0.25, 0.3) is 5.91 Å². The van der Waals surface area contributed by atoms with Gasteiger partial charge in [0, 0.05) is 25.5 Å². The van der Waals surface area contributed by atoms with Crippen molar-refractivity contribution >= 4 is 33.2 Å². The molecule has 1 aliphatic rings. The van der Waals surface area contributed by atoms with E-state index in [1.807, 2.05) is 68.4 Å². The van der Waals surface area contributed by atoms with Crippen LogP contribution in [0.3, 0.4) is 0 Å². The van der Waals surface area contributed by atoms with Crippen LogP contribution in [0.2, 0.25) is 0 Å². The molecule has 0 spiro atoms. The fourth-order valence-electron chi connectivity index (χ4n) is 3.67. The maximum atomic E-state index is 13.6. The Morgan fingerprint density at radius 1 is 0.871 bits per heavy atom. The number of carbonyl (C=O) groups is 1. The van der Waals surface area contributed by atoms with E-state index in [0.29, 0.717) is 16.8 Å². The molecule has 6 heteroatoms. The molecule has 0 aliphatic carbocycles. The van der Waals surface area contributed by atoms with E-state index in [9.17, 15) is 13.2 Å². The SMILES string of the molecule is Cc1ccc(N2C(=O)/C(=C/c3ccc(N(C)C)cc3)S(=O)(=O)[C@H]2c2ccccc2)cc1. The first-order valence-electron chi connectivity index (χ1n) is 9.97. The normalized spacial score (nSPS) is 19.1.